The molecule has 2 heterocycles. The Morgan fingerprint density at radius 1 is 1.26 bits per heavy atom. The normalized spacial score (nSPS) is 13.3. The van der Waals surface area contributed by atoms with Crippen molar-refractivity contribution in [1.82, 2.24) is 9.97 Å². The fourth-order valence-electron chi connectivity index (χ4n) is 3.87. The number of rotatable bonds is 5. The summed E-state index contributed by atoms with van der Waals surface area (Å²) in [4.78, 5) is 21.7. The van der Waals surface area contributed by atoms with Gasteiger partial charge in [-0.3, -0.25) is 9.78 Å². The molecule has 0 aliphatic carbocycles. The highest BCUT2D eigenvalue weighted by atomic mass is 16.1. The number of aromatic amines is 1. The fraction of sp³-hybridized carbons (Fsp3) is 0.250. The molecule has 1 aromatic heterocycles. The number of nitrogens with one attached hydrogen (secondary N) is 2. The monoisotopic (exact) mass is 412 g/mol. The van der Waals surface area contributed by atoms with Crippen LogP contribution < -0.4 is 15.9 Å². The molecular weight excluding hydrogens is 388 g/mol. The number of hydrazone groups is 1. The van der Waals surface area contributed by atoms with Crippen LogP contribution >= 0.6 is 0 Å². The molecule has 0 unspecified atom stereocenters. The van der Waals surface area contributed by atoms with Crippen LogP contribution in [0.5, 0.6) is 0 Å². The minimum absolute atomic E-state index is 0.0230. The molecule has 0 amide bonds. The molecule has 1 aliphatic rings. The summed E-state index contributed by atoms with van der Waals surface area (Å²) in [5.41, 5.74) is 6.86. The molecule has 3 aromatic rings. The van der Waals surface area contributed by atoms with Gasteiger partial charge in [-0.1, -0.05) is 36.4 Å². The molecule has 7 nitrogen and oxygen atoms in total. The standard InChI is InChI=1S/C24H24N6O/c1-16(2)30-12-6-9-19-13-17(10-11-21(19)30)15-26-29-24-27-22(18-7-4-3-5-8-18)20(14-25)23(31)28-24/h3-5,7-8,10-11,13,15-16H,6,9,12H2,1-2H3,(H2,27,28,29,31). The number of H-pyrrole nitrogens is 1. The van der Waals surface area contributed by atoms with Crippen molar-refractivity contribution in [3.05, 3.63) is 75.6 Å². The Hall–Kier alpha value is -3.92. The van der Waals surface area contributed by atoms with Gasteiger partial charge in [-0.2, -0.15) is 10.4 Å². The number of benzene rings is 2. The van der Waals surface area contributed by atoms with Crippen molar-refractivity contribution in [2.75, 3.05) is 16.9 Å². The van der Waals surface area contributed by atoms with Crippen LogP contribution in [0.15, 0.2) is 58.4 Å². The SMILES string of the molecule is CC(C)N1CCCc2cc(C=NNc3nc(-c4ccccc4)c(C#N)c(=O)[nH]3)ccc21. The third-order valence-electron chi connectivity index (χ3n) is 5.34. The lowest BCUT2D eigenvalue weighted by atomic mass is 9.98. The number of aryl methyl sites for hydroxylation is 1. The topological polar surface area (TPSA) is 97.2 Å². The van der Waals surface area contributed by atoms with E-state index in [4.69, 9.17) is 0 Å². The predicted octanol–water partition coefficient (Wildman–Crippen LogP) is 3.92. The first-order chi connectivity index (χ1) is 15.1. The Labute approximate surface area is 181 Å². The maximum absolute atomic E-state index is 12.3. The summed E-state index contributed by atoms with van der Waals surface area (Å²) in [5, 5.41) is 13.6. The van der Waals surface area contributed by atoms with E-state index in [1.165, 1.54) is 11.3 Å². The molecule has 2 aromatic carbocycles. The lowest BCUT2D eigenvalue weighted by molar-refractivity contribution is 0.625. The molecule has 0 fully saturated rings. The Morgan fingerprint density at radius 2 is 2.06 bits per heavy atom. The van der Waals surface area contributed by atoms with Crippen molar-refractivity contribution >= 4 is 17.9 Å². The van der Waals surface area contributed by atoms with E-state index in [0.717, 1.165) is 24.9 Å². The lowest BCUT2D eigenvalue weighted by Gasteiger charge is -2.34. The average Bonchev–Trinajstić information content (AvgIpc) is 2.78. The van der Waals surface area contributed by atoms with Crippen LogP contribution in [0.1, 0.15) is 37.0 Å². The van der Waals surface area contributed by atoms with Crippen molar-refractivity contribution in [2.45, 2.75) is 32.7 Å². The maximum atomic E-state index is 12.3. The second-order valence-electron chi connectivity index (χ2n) is 7.76. The minimum Gasteiger partial charge on any atom is -0.369 e. The Kier molecular flexibility index (Phi) is 5.80. The number of hydrogen-bond acceptors (Lipinski definition) is 6. The van der Waals surface area contributed by atoms with E-state index in [9.17, 15) is 10.1 Å². The number of aromatic nitrogens is 2. The van der Waals surface area contributed by atoms with E-state index >= 15 is 0 Å². The van der Waals surface area contributed by atoms with Gasteiger partial charge in [0, 0.05) is 23.8 Å². The predicted molar refractivity (Wildman–Crippen MR) is 123 cm³/mol. The number of anilines is 2. The second-order valence-corrected chi connectivity index (χ2v) is 7.76. The van der Waals surface area contributed by atoms with Gasteiger partial charge in [0.05, 0.1) is 11.9 Å². The molecule has 2 N–H and O–H groups in total. The summed E-state index contributed by atoms with van der Waals surface area (Å²) in [7, 11) is 0. The zero-order chi connectivity index (χ0) is 21.8. The van der Waals surface area contributed by atoms with Crippen molar-refractivity contribution < 1.29 is 0 Å². The molecule has 7 heteroatoms. The summed E-state index contributed by atoms with van der Waals surface area (Å²) >= 11 is 0. The molecule has 0 atom stereocenters. The zero-order valence-electron chi connectivity index (χ0n) is 17.6. The summed E-state index contributed by atoms with van der Waals surface area (Å²) in [5.74, 6) is 0.183. The van der Waals surface area contributed by atoms with Crippen LogP contribution in [0.2, 0.25) is 0 Å². The summed E-state index contributed by atoms with van der Waals surface area (Å²) in [6, 6.07) is 17.9. The van der Waals surface area contributed by atoms with Gasteiger partial charge in [0.25, 0.3) is 5.56 Å². The summed E-state index contributed by atoms with van der Waals surface area (Å²) in [6.45, 7) is 5.51. The Bertz CT molecular complexity index is 1210. The van der Waals surface area contributed by atoms with Gasteiger partial charge in [0.1, 0.15) is 11.6 Å². The minimum atomic E-state index is -0.503. The summed E-state index contributed by atoms with van der Waals surface area (Å²) < 4.78 is 0. The third kappa shape index (κ3) is 4.33. The van der Waals surface area contributed by atoms with Gasteiger partial charge in [0.2, 0.25) is 5.95 Å². The molecule has 4 rings (SSSR count). The number of nitriles is 1. The molecule has 156 valence electrons. The van der Waals surface area contributed by atoms with Gasteiger partial charge in [-0.15, -0.1) is 0 Å². The lowest BCUT2D eigenvalue weighted by Crippen LogP contribution is -2.35. The van der Waals surface area contributed by atoms with Gasteiger partial charge >= 0.3 is 0 Å². The van der Waals surface area contributed by atoms with Crippen LogP contribution in [-0.2, 0) is 6.42 Å². The van der Waals surface area contributed by atoms with Gasteiger partial charge in [-0.25, -0.2) is 10.4 Å². The highest BCUT2D eigenvalue weighted by Crippen LogP contribution is 2.29. The van der Waals surface area contributed by atoms with Crippen LogP contribution in [0.25, 0.3) is 11.3 Å². The van der Waals surface area contributed by atoms with Crippen LogP contribution in [-0.4, -0.2) is 28.8 Å². The Morgan fingerprint density at radius 3 is 2.81 bits per heavy atom. The van der Waals surface area contributed by atoms with Crippen molar-refractivity contribution in [3.63, 3.8) is 0 Å². The van der Waals surface area contributed by atoms with E-state index < -0.39 is 5.56 Å². The van der Waals surface area contributed by atoms with Crippen molar-refractivity contribution in [2.24, 2.45) is 5.10 Å². The van der Waals surface area contributed by atoms with Gasteiger partial charge < -0.3 is 4.90 Å². The number of hydrogen-bond donors (Lipinski definition) is 2. The highest BCUT2D eigenvalue weighted by Gasteiger charge is 2.19. The van der Waals surface area contributed by atoms with Crippen LogP contribution in [0, 0.1) is 11.3 Å². The molecule has 1 aliphatic heterocycles. The van der Waals surface area contributed by atoms with E-state index in [1.54, 1.807) is 6.21 Å². The van der Waals surface area contributed by atoms with Crippen molar-refractivity contribution in [1.29, 1.82) is 5.26 Å². The third-order valence-corrected chi connectivity index (χ3v) is 5.34. The molecular formula is C24H24N6O. The fourth-order valence-corrected chi connectivity index (χ4v) is 3.87. The van der Waals surface area contributed by atoms with E-state index in [-0.39, 0.29) is 11.5 Å². The van der Waals surface area contributed by atoms with Crippen LogP contribution in [0.3, 0.4) is 0 Å². The molecule has 0 bridgehead atoms. The smallest absolute Gasteiger partial charge is 0.270 e. The first kappa shape index (κ1) is 20.4. The molecule has 0 spiro atoms. The first-order valence-electron chi connectivity index (χ1n) is 10.4. The summed E-state index contributed by atoms with van der Waals surface area (Å²) in [6.07, 6.45) is 3.90. The van der Waals surface area contributed by atoms with Crippen molar-refractivity contribution in [3.8, 4) is 17.3 Å². The van der Waals surface area contributed by atoms with Crippen LogP contribution in [0.4, 0.5) is 11.6 Å². The largest absolute Gasteiger partial charge is 0.369 e. The molecule has 0 radical (unpaired) electrons. The average molecular weight is 412 g/mol. The quantitative estimate of drug-likeness (QED) is 0.489. The molecule has 31 heavy (non-hydrogen) atoms. The number of nitrogens with zero attached hydrogens (tertiary/aromatic N) is 4. The van der Waals surface area contributed by atoms with E-state index in [0.29, 0.717) is 17.3 Å². The molecule has 0 saturated carbocycles. The van der Waals surface area contributed by atoms with E-state index in [1.807, 2.05) is 42.5 Å². The second kappa shape index (κ2) is 8.84. The molecule has 0 saturated heterocycles. The van der Waals surface area contributed by atoms with Gasteiger partial charge in [-0.05, 0) is 49.9 Å². The first-order valence-corrected chi connectivity index (χ1v) is 10.4. The highest BCUT2D eigenvalue weighted by molar-refractivity contribution is 5.82. The number of fused-ring (bicyclic) bond motifs is 1. The maximum Gasteiger partial charge on any atom is 0.270 e. The zero-order valence-corrected chi connectivity index (χ0v) is 17.6. The Balaban J connectivity index is 1.57. The van der Waals surface area contributed by atoms with Gasteiger partial charge in [0.15, 0.2) is 0 Å². The van der Waals surface area contributed by atoms with E-state index in [2.05, 4.69) is 51.4 Å².